The van der Waals surface area contributed by atoms with Gasteiger partial charge in [-0.05, 0) is 23.8 Å². The van der Waals surface area contributed by atoms with Crippen molar-refractivity contribution in [2.45, 2.75) is 5.33 Å². The van der Waals surface area contributed by atoms with Gasteiger partial charge in [-0.3, -0.25) is 0 Å². The van der Waals surface area contributed by atoms with Crippen molar-refractivity contribution in [3.05, 3.63) is 35.5 Å². The molecule has 0 unspecified atom stereocenters. The van der Waals surface area contributed by atoms with Gasteiger partial charge in [0.15, 0.2) is 0 Å². The zero-order chi connectivity index (χ0) is 10.1. The Hall–Kier alpha value is -1.29. The minimum atomic E-state index is -0.929. The Kier molecular flexibility index (Phi) is 2.29. The second-order valence-electron chi connectivity index (χ2n) is 3.04. The van der Waals surface area contributed by atoms with Crippen molar-refractivity contribution in [2.24, 2.45) is 0 Å². The van der Waals surface area contributed by atoms with E-state index in [4.69, 9.17) is 5.11 Å². The Labute approximate surface area is 88.9 Å². The first-order chi connectivity index (χ1) is 6.70. The molecule has 2 N–H and O–H groups in total. The number of hydrogen-bond donors (Lipinski definition) is 2. The minimum Gasteiger partial charge on any atom is -0.477 e. The van der Waals surface area contributed by atoms with Gasteiger partial charge < -0.3 is 10.1 Å². The first-order valence-corrected chi connectivity index (χ1v) is 5.24. The molecule has 1 heterocycles. The van der Waals surface area contributed by atoms with Gasteiger partial charge in [-0.2, -0.15) is 0 Å². The number of alkyl halides is 1. The Bertz CT molecular complexity index is 490. The summed E-state index contributed by atoms with van der Waals surface area (Å²) in [4.78, 5) is 13.5. The summed E-state index contributed by atoms with van der Waals surface area (Å²) in [5, 5.41) is 10.5. The predicted molar refractivity (Wildman–Crippen MR) is 57.9 cm³/mol. The number of aromatic nitrogens is 1. The first-order valence-electron chi connectivity index (χ1n) is 4.11. The van der Waals surface area contributed by atoms with Crippen LogP contribution in [0.15, 0.2) is 24.3 Å². The number of hydrogen-bond acceptors (Lipinski definition) is 1. The predicted octanol–water partition coefficient (Wildman–Crippen LogP) is 2.76. The molecule has 0 amide bonds. The van der Waals surface area contributed by atoms with Crippen molar-refractivity contribution in [1.82, 2.24) is 4.98 Å². The van der Waals surface area contributed by atoms with Gasteiger partial charge in [0.05, 0.1) is 0 Å². The number of carboxylic acid groups (broad SMARTS) is 1. The third-order valence-electron chi connectivity index (χ3n) is 2.07. The number of rotatable bonds is 2. The molecule has 2 aromatic rings. The fourth-order valence-corrected chi connectivity index (χ4v) is 1.73. The van der Waals surface area contributed by atoms with Crippen LogP contribution in [0, 0.1) is 0 Å². The summed E-state index contributed by atoms with van der Waals surface area (Å²) in [7, 11) is 0. The maximum atomic E-state index is 10.7. The molecule has 0 radical (unpaired) electrons. The molecule has 4 heteroatoms. The summed E-state index contributed by atoms with van der Waals surface area (Å²) >= 11 is 3.35. The van der Waals surface area contributed by atoms with E-state index in [9.17, 15) is 4.79 Å². The van der Waals surface area contributed by atoms with Crippen molar-refractivity contribution in [1.29, 1.82) is 0 Å². The van der Waals surface area contributed by atoms with Gasteiger partial charge in [0.2, 0.25) is 0 Å². The van der Waals surface area contributed by atoms with E-state index in [1.54, 1.807) is 6.07 Å². The largest absolute Gasteiger partial charge is 0.477 e. The third kappa shape index (κ3) is 1.53. The molecule has 0 aliphatic carbocycles. The molecule has 1 aromatic carbocycles. The highest BCUT2D eigenvalue weighted by Gasteiger charge is 2.06. The molecule has 0 spiro atoms. The zero-order valence-electron chi connectivity index (χ0n) is 7.25. The van der Waals surface area contributed by atoms with E-state index in [0.29, 0.717) is 0 Å². The second-order valence-corrected chi connectivity index (χ2v) is 3.60. The van der Waals surface area contributed by atoms with Crippen LogP contribution in [0.5, 0.6) is 0 Å². The van der Waals surface area contributed by atoms with Crippen LogP contribution in [-0.2, 0) is 5.33 Å². The van der Waals surface area contributed by atoms with Gasteiger partial charge >= 0.3 is 5.97 Å². The summed E-state index contributed by atoms with van der Waals surface area (Å²) in [6, 6.07) is 7.45. The molecule has 0 saturated heterocycles. The van der Waals surface area contributed by atoms with Gasteiger partial charge in [0, 0.05) is 16.2 Å². The van der Waals surface area contributed by atoms with E-state index in [2.05, 4.69) is 20.9 Å². The Balaban J connectivity index is 2.60. The molecule has 0 atom stereocenters. The molecule has 1 aromatic heterocycles. The molecular formula is C10H8BrNO2. The highest BCUT2D eigenvalue weighted by atomic mass is 79.9. The maximum absolute atomic E-state index is 10.7. The van der Waals surface area contributed by atoms with Gasteiger partial charge in [-0.25, -0.2) is 4.79 Å². The van der Waals surface area contributed by atoms with E-state index in [-0.39, 0.29) is 5.69 Å². The Morgan fingerprint density at radius 1 is 1.43 bits per heavy atom. The lowest BCUT2D eigenvalue weighted by Crippen LogP contribution is -1.94. The molecular weight excluding hydrogens is 246 g/mol. The van der Waals surface area contributed by atoms with Crippen molar-refractivity contribution >= 4 is 32.8 Å². The average molecular weight is 254 g/mol. The monoisotopic (exact) mass is 253 g/mol. The zero-order valence-corrected chi connectivity index (χ0v) is 8.84. The van der Waals surface area contributed by atoms with E-state index in [1.807, 2.05) is 18.2 Å². The Morgan fingerprint density at radius 2 is 2.21 bits per heavy atom. The standard InChI is InChI=1S/C10H8BrNO2/c11-5-6-1-2-8-7(3-6)4-9(12-8)10(13)14/h1-4,12H,5H2,(H,13,14). The van der Waals surface area contributed by atoms with Crippen LogP contribution in [0.25, 0.3) is 10.9 Å². The van der Waals surface area contributed by atoms with Crippen LogP contribution in [0.3, 0.4) is 0 Å². The van der Waals surface area contributed by atoms with E-state index >= 15 is 0 Å². The quantitative estimate of drug-likeness (QED) is 0.809. The topological polar surface area (TPSA) is 53.1 Å². The number of carboxylic acids is 1. The fraction of sp³-hybridized carbons (Fsp3) is 0.100. The van der Waals surface area contributed by atoms with Gasteiger partial charge in [-0.15, -0.1) is 0 Å². The molecule has 14 heavy (non-hydrogen) atoms. The lowest BCUT2D eigenvalue weighted by Gasteiger charge is -1.93. The van der Waals surface area contributed by atoms with Crippen LogP contribution in [0.4, 0.5) is 0 Å². The SMILES string of the molecule is O=C(O)c1cc2cc(CBr)ccc2[nH]1. The Morgan fingerprint density at radius 3 is 2.86 bits per heavy atom. The number of fused-ring (bicyclic) bond motifs is 1. The molecule has 0 saturated carbocycles. The van der Waals surface area contributed by atoms with Crippen molar-refractivity contribution in [3.8, 4) is 0 Å². The fourth-order valence-electron chi connectivity index (χ4n) is 1.38. The van der Waals surface area contributed by atoms with Crippen LogP contribution < -0.4 is 0 Å². The lowest BCUT2D eigenvalue weighted by molar-refractivity contribution is 0.0691. The average Bonchev–Trinajstić information content (AvgIpc) is 2.59. The summed E-state index contributed by atoms with van der Waals surface area (Å²) in [6.45, 7) is 0. The van der Waals surface area contributed by atoms with Crippen molar-refractivity contribution in [2.75, 3.05) is 0 Å². The van der Waals surface area contributed by atoms with Crippen molar-refractivity contribution < 1.29 is 9.90 Å². The summed E-state index contributed by atoms with van der Waals surface area (Å²) in [5.41, 5.74) is 2.22. The highest BCUT2D eigenvalue weighted by molar-refractivity contribution is 9.08. The minimum absolute atomic E-state index is 0.228. The molecule has 0 bridgehead atoms. The number of aromatic amines is 1. The van der Waals surface area contributed by atoms with Crippen molar-refractivity contribution in [3.63, 3.8) is 0 Å². The summed E-state index contributed by atoms with van der Waals surface area (Å²) in [5.74, 6) is -0.929. The molecule has 3 nitrogen and oxygen atoms in total. The van der Waals surface area contributed by atoms with Gasteiger partial charge in [0.1, 0.15) is 5.69 Å². The van der Waals surface area contributed by atoms with Gasteiger partial charge in [-0.1, -0.05) is 22.0 Å². The number of nitrogens with one attached hydrogen (secondary N) is 1. The first kappa shape index (κ1) is 9.27. The molecule has 0 fully saturated rings. The molecule has 0 aliphatic rings. The summed E-state index contributed by atoms with van der Waals surface area (Å²) in [6.07, 6.45) is 0. The lowest BCUT2D eigenvalue weighted by atomic mass is 10.2. The van der Waals surface area contributed by atoms with Gasteiger partial charge in [0.25, 0.3) is 0 Å². The number of carbonyl (C=O) groups is 1. The smallest absolute Gasteiger partial charge is 0.352 e. The van der Waals surface area contributed by atoms with E-state index in [0.717, 1.165) is 21.8 Å². The van der Waals surface area contributed by atoms with Crippen LogP contribution in [0.2, 0.25) is 0 Å². The number of aromatic carboxylic acids is 1. The summed E-state index contributed by atoms with van der Waals surface area (Å²) < 4.78 is 0. The third-order valence-corrected chi connectivity index (χ3v) is 2.72. The van der Waals surface area contributed by atoms with Crippen LogP contribution in [0.1, 0.15) is 16.1 Å². The van der Waals surface area contributed by atoms with E-state index in [1.165, 1.54) is 0 Å². The molecule has 2 rings (SSSR count). The highest BCUT2D eigenvalue weighted by Crippen LogP contribution is 2.18. The number of benzene rings is 1. The number of halogens is 1. The molecule has 72 valence electrons. The normalized spacial score (nSPS) is 10.6. The number of H-pyrrole nitrogens is 1. The second kappa shape index (κ2) is 3.46. The van der Waals surface area contributed by atoms with Crippen LogP contribution in [-0.4, -0.2) is 16.1 Å². The van der Waals surface area contributed by atoms with E-state index < -0.39 is 5.97 Å². The van der Waals surface area contributed by atoms with Crippen LogP contribution >= 0.6 is 15.9 Å². The maximum Gasteiger partial charge on any atom is 0.352 e. The molecule has 0 aliphatic heterocycles.